The van der Waals surface area contributed by atoms with Crippen molar-refractivity contribution in [3.63, 3.8) is 0 Å². The van der Waals surface area contributed by atoms with Gasteiger partial charge in [0.15, 0.2) is 11.6 Å². The van der Waals surface area contributed by atoms with Crippen molar-refractivity contribution >= 4 is 6.08 Å². The largest absolute Gasteiger partial charge is 0.439 e. The van der Waals surface area contributed by atoms with Crippen LogP contribution in [0.15, 0.2) is 24.3 Å². The molecule has 1 aromatic rings. The first-order valence-corrected chi connectivity index (χ1v) is 11.7. The quantitative estimate of drug-likeness (QED) is 0.340. The van der Waals surface area contributed by atoms with Crippen LogP contribution in [0.2, 0.25) is 0 Å². The fourth-order valence-electron chi connectivity index (χ4n) is 5.21. The maximum atomic E-state index is 14.1. The fraction of sp³-hybridized carbons (Fsp3) is 0.680. The average molecular weight is 497 g/mol. The van der Waals surface area contributed by atoms with Gasteiger partial charge in [0.1, 0.15) is 0 Å². The second-order valence-corrected chi connectivity index (χ2v) is 9.53. The van der Waals surface area contributed by atoms with Gasteiger partial charge in [-0.15, -0.1) is 0 Å². The molecule has 2 nitrogen and oxygen atoms in total. The molecule has 1 atom stereocenters. The van der Waals surface area contributed by atoms with Crippen molar-refractivity contribution < 1.29 is 40.2 Å². The lowest BCUT2D eigenvalue weighted by Gasteiger charge is -2.37. The monoisotopic (exact) mass is 496 g/mol. The summed E-state index contributed by atoms with van der Waals surface area (Å²) in [6.45, 7) is 0.838. The predicted octanol–water partition coefficient (Wildman–Crippen LogP) is 7.97. The van der Waals surface area contributed by atoms with Gasteiger partial charge in [-0.25, -0.2) is 8.78 Å². The third kappa shape index (κ3) is 7.12. The van der Waals surface area contributed by atoms with Gasteiger partial charge in [-0.05, 0) is 92.7 Å². The minimum absolute atomic E-state index is 0.323. The van der Waals surface area contributed by atoms with Gasteiger partial charge in [-0.1, -0.05) is 18.2 Å². The van der Waals surface area contributed by atoms with Crippen LogP contribution < -0.4 is 4.74 Å². The van der Waals surface area contributed by atoms with Gasteiger partial charge in [0, 0.05) is 13.7 Å². The molecule has 0 spiro atoms. The van der Waals surface area contributed by atoms with Crippen LogP contribution in [0.25, 0.3) is 6.08 Å². The Morgan fingerprint density at radius 3 is 2.06 bits per heavy atom. The molecule has 1 aromatic carbocycles. The molecule has 0 heterocycles. The molecule has 2 aliphatic rings. The van der Waals surface area contributed by atoms with E-state index in [9.17, 15) is 30.7 Å². The number of benzene rings is 1. The van der Waals surface area contributed by atoms with Gasteiger partial charge in [0.2, 0.25) is 0 Å². The smallest absolute Gasteiger partial charge is 0.427 e. The van der Waals surface area contributed by atoms with Gasteiger partial charge in [-0.3, -0.25) is 0 Å². The lowest BCUT2D eigenvalue weighted by Crippen LogP contribution is -2.45. The summed E-state index contributed by atoms with van der Waals surface area (Å²) in [5, 5.41) is 0. The Balaban J connectivity index is 1.50. The molecule has 2 aliphatic carbocycles. The minimum Gasteiger partial charge on any atom is -0.427 e. The van der Waals surface area contributed by atoms with Gasteiger partial charge >= 0.3 is 12.3 Å². The van der Waals surface area contributed by atoms with Crippen LogP contribution in [0.5, 0.6) is 5.75 Å². The first-order chi connectivity index (χ1) is 16.0. The SMILES string of the molecule is COCC1CCC(C2CCC(C=Cc3ccc(OC(F)(F)C(F)C(F)(F)F)c(F)c3)CC2)CC1. The zero-order valence-corrected chi connectivity index (χ0v) is 19.1. The average Bonchev–Trinajstić information content (AvgIpc) is 2.79. The summed E-state index contributed by atoms with van der Waals surface area (Å²) in [6.07, 6.45) is -2.77. The molecule has 0 bridgehead atoms. The van der Waals surface area contributed by atoms with Crippen molar-refractivity contribution in [3.05, 3.63) is 35.7 Å². The summed E-state index contributed by atoms with van der Waals surface area (Å²) < 4.78 is 99.5. The summed E-state index contributed by atoms with van der Waals surface area (Å²) in [4.78, 5) is 0. The molecule has 34 heavy (non-hydrogen) atoms. The van der Waals surface area contributed by atoms with Crippen LogP contribution in [0.1, 0.15) is 56.9 Å². The van der Waals surface area contributed by atoms with E-state index in [1.165, 1.54) is 31.7 Å². The molecular weight excluding hydrogens is 465 g/mol. The molecule has 0 N–H and O–H groups in total. The van der Waals surface area contributed by atoms with Crippen molar-refractivity contribution in [2.45, 2.75) is 69.8 Å². The number of rotatable bonds is 8. The molecular formula is C25H31F7O2. The summed E-state index contributed by atoms with van der Waals surface area (Å²) in [6, 6.07) is 2.91. The Morgan fingerprint density at radius 2 is 1.53 bits per heavy atom. The van der Waals surface area contributed by atoms with E-state index in [0.29, 0.717) is 17.4 Å². The zero-order chi connectivity index (χ0) is 24.9. The Labute approximate surface area is 195 Å². The van der Waals surface area contributed by atoms with Crippen molar-refractivity contribution in [1.82, 2.24) is 0 Å². The summed E-state index contributed by atoms with van der Waals surface area (Å²) >= 11 is 0. The van der Waals surface area contributed by atoms with Gasteiger partial charge in [-0.2, -0.15) is 22.0 Å². The molecule has 0 saturated heterocycles. The molecule has 2 fully saturated rings. The Bertz CT molecular complexity index is 808. The van der Waals surface area contributed by atoms with Crippen LogP contribution in [0.3, 0.4) is 0 Å². The van der Waals surface area contributed by atoms with E-state index in [4.69, 9.17) is 4.74 Å². The number of ether oxygens (including phenoxy) is 2. The van der Waals surface area contributed by atoms with E-state index >= 15 is 0 Å². The molecule has 0 aromatic heterocycles. The highest BCUT2D eigenvalue weighted by molar-refractivity contribution is 5.51. The van der Waals surface area contributed by atoms with Crippen LogP contribution in [-0.2, 0) is 4.74 Å². The third-order valence-electron chi connectivity index (χ3n) is 7.12. The predicted molar refractivity (Wildman–Crippen MR) is 115 cm³/mol. The van der Waals surface area contributed by atoms with Crippen LogP contribution in [0, 0.1) is 29.5 Å². The number of allylic oxidation sites excluding steroid dienone is 1. The Kier molecular flexibility index (Phi) is 8.93. The molecule has 0 amide bonds. The van der Waals surface area contributed by atoms with E-state index < -0.39 is 30.0 Å². The topological polar surface area (TPSA) is 18.5 Å². The molecule has 3 rings (SSSR count). The summed E-state index contributed by atoms with van der Waals surface area (Å²) in [5.74, 6) is 0.0491. The van der Waals surface area contributed by atoms with E-state index in [0.717, 1.165) is 56.3 Å². The Morgan fingerprint density at radius 1 is 0.941 bits per heavy atom. The highest BCUT2D eigenvalue weighted by Gasteiger charge is 2.59. The third-order valence-corrected chi connectivity index (χ3v) is 7.12. The highest BCUT2D eigenvalue weighted by atomic mass is 19.4. The first-order valence-electron chi connectivity index (χ1n) is 11.7. The van der Waals surface area contributed by atoms with Crippen LogP contribution in [0.4, 0.5) is 30.7 Å². The molecule has 9 heteroatoms. The van der Waals surface area contributed by atoms with Gasteiger partial charge < -0.3 is 9.47 Å². The van der Waals surface area contributed by atoms with Crippen molar-refractivity contribution in [2.24, 2.45) is 23.7 Å². The lowest BCUT2D eigenvalue weighted by molar-refractivity contribution is -0.305. The van der Waals surface area contributed by atoms with Crippen LogP contribution in [-0.4, -0.2) is 32.2 Å². The molecule has 192 valence electrons. The van der Waals surface area contributed by atoms with E-state index in [-0.39, 0.29) is 0 Å². The molecule has 0 aliphatic heterocycles. The van der Waals surface area contributed by atoms with Crippen LogP contribution >= 0.6 is 0 Å². The number of alkyl halides is 6. The second kappa shape index (κ2) is 11.3. The van der Waals surface area contributed by atoms with Crippen molar-refractivity contribution in [2.75, 3.05) is 13.7 Å². The number of halogens is 7. The molecule has 0 radical (unpaired) electrons. The number of methoxy groups -OCH3 is 1. The van der Waals surface area contributed by atoms with E-state index in [2.05, 4.69) is 4.74 Å². The van der Waals surface area contributed by atoms with Gasteiger partial charge in [0.25, 0.3) is 6.17 Å². The minimum atomic E-state index is -5.83. The van der Waals surface area contributed by atoms with Crippen molar-refractivity contribution in [1.29, 1.82) is 0 Å². The first kappa shape index (κ1) is 26.8. The van der Waals surface area contributed by atoms with Gasteiger partial charge in [0.05, 0.1) is 0 Å². The Hall–Kier alpha value is -1.77. The lowest BCUT2D eigenvalue weighted by atomic mass is 9.69. The van der Waals surface area contributed by atoms with E-state index in [1.54, 1.807) is 13.2 Å². The van der Waals surface area contributed by atoms with Crippen molar-refractivity contribution in [3.8, 4) is 5.75 Å². The fourth-order valence-corrected chi connectivity index (χ4v) is 5.21. The standard InChI is InChI=1S/C25H31F7O2/c1-33-15-18-6-11-20(12-7-18)19-9-4-16(5-10-19)2-3-17-8-13-22(21(26)14-17)34-25(31,32)23(27)24(28,29)30/h2-3,8,13-14,16,18-20,23H,4-7,9-12,15H2,1H3. The highest BCUT2D eigenvalue weighted by Crippen LogP contribution is 2.42. The maximum Gasteiger partial charge on any atom is 0.439 e. The molecule has 1 unspecified atom stereocenters. The number of hydrogen-bond acceptors (Lipinski definition) is 2. The summed E-state index contributed by atoms with van der Waals surface area (Å²) in [7, 11) is 1.75. The normalized spacial score (nSPS) is 27.6. The maximum absolute atomic E-state index is 14.1. The zero-order valence-electron chi connectivity index (χ0n) is 19.1. The second-order valence-electron chi connectivity index (χ2n) is 9.53. The van der Waals surface area contributed by atoms with E-state index in [1.807, 2.05) is 6.08 Å². The number of hydrogen-bond donors (Lipinski definition) is 0. The molecule has 2 saturated carbocycles. The summed E-state index contributed by atoms with van der Waals surface area (Å²) in [5.41, 5.74) is 0.361.